The summed E-state index contributed by atoms with van der Waals surface area (Å²) >= 11 is 0. The highest BCUT2D eigenvalue weighted by molar-refractivity contribution is 7.91. The van der Waals surface area contributed by atoms with E-state index in [1.807, 2.05) is 13.8 Å². The van der Waals surface area contributed by atoms with Gasteiger partial charge in [0.2, 0.25) is 0 Å². The quantitative estimate of drug-likeness (QED) is 0.788. The van der Waals surface area contributed by atoms with Crippen molar-refractivity contribution < 1.29 is 13.2 Å². The standard InChI is InChI=1S/C12H19NO3S/c1-10(2)9-17(14,15)8-7-16-12-6-4-3-5-11(12)13/h3-6,10H,7-9,13H2,1-2H3. The third-order valence-electron chi connectivity index (χ3n) is 2.16. The smallest absolute Gasteiger partial charge is 0.153 e. The van der Waals surface area contributed by atoms with Crippen LogP contribution in [0.4, 0.5) is 5.69 Å². The van der Waals surface area contributed by atoms with Gasteiger partial charge >= 0.3 is 0 Å². The second kappa shape index (κ2) is 5.91. The Labute approximate surface area is 103 Å². The van der Waals surface area contributed by atoms with E-state index in [1.54, 1.807) is 24.3 Å². The van der Waals surface area contributed by atoms with Gasteiger partial charge in [-0.2, -0.15) is 0 Å². The molecule has 0 unspecified atom stereocenters. The van der Waals surface area contributed by atoms with E-state index in [0.717, 1.165) is 0 Å². The van der Waals surface area contributed by atoms with E-state index in [2.05, 4.69) is 0 Å². The number of hydrogen-bond acceptors (Lipinski definition) is 4. The minimum Gasteiger partial charge on any atom is -0.490 e. The molecule has 0 bridgehead atoms. The Morgan fingerprint density at radius 2 is 1.94 bits per heavy atom. The SMILES string of the molecule is CC(C)CS(=O)(=O)CCOc1ccccc1N. The molecule has 0 aromatic heterocycles. The lowest BCUT2D eigenvalue weighted by atomic mass is 10.3. The van der Waals surface area contributed by atoms with Gasteiger partial charge in [-0.25, -0.2) is 8.42 Å². The average molecular weight is 257 g/mol. The first-order valence-electron chi connectivity index (χ1n) is 5.58. The van der Waals surface area contributed by atoms with E-state index in [9.17, 15) is 8.42 Å². The van der Waals surface area contributed by atoms with Crippen LogP contribution in [0.15, 0.2) is 24.3 Å². The maximum atomic E-state index is 11.6. The fourth-order valence-corrected chi connectivity index (χ4v) is 3.00. The van der Waals surface area contributed by atoms with Crippen LogP contribution in [0.2, 0.25) is 0 Å². The summed E-state index contributed by atoms with van der Waals surface area (Å²) < 4.78 is 28.6. The molecule has 0 aliphatic heterocycles. The van der Waals surface area contributed by atoms with Crippen LogP contribution in [-0.4, -0.2) is 26.5 Å². The highest BCUT2D eigenvalue weighted by Gasteiger charge is 2.13. The third kappa shape index (κ3) is 5.08. The molecule has 0 atom stereocenters. The van der Waals surface area contributed by atoms with Crippen LogP contribution < -0.4 is 10.5 Å². The van der Waals surface area contributed by atoms with Crippen LogP contribution in [0.25, 0.3) is 0 Å². The fraction of sp³-hybridized carbons (Fsp3) is 0.500. The monoisotopic (exact) mass is 257 g/mol. The summed E-state index contributed by atoms with van der Waals surface area (Å²) in [5, 5.41) is 0. The van der Waals surface area contributed by atoms with Crippen molar-refractivity contribution in [2.75, 3.05) is 23.8 Å². The number of hydrogen-bond donors (Lipinski definition) is 1. The van der Waals surface area contributed by atoms with Gasteiger partial charge in [0.15, 0.2) is 9.84 Å². The summed E-state index contributed by atoms with van der Waals surface area (Å²) in [7, 11) is -3.03. The summed E-state index contributed by atoms with van der Waals surface area (Å²) in [5.74, 6) is 0.897. The Morgan fingerprint density at radius 3 is 2.53 bits per heavy atom. The van der Waals surface area contributed by atoms with Crippen LogP contribution in [-0.2, 0) is 9.84 Å². The number of nitrogen functional groups attached to an aromatic ring is 1. The van der Waals surface area contributed by atoms with E-state index < -0.39 is 9.84 Å². The lowest BCUT2D eigenvalue weighted by Gasteiger charge is -2.10. The molecular formula is C12H19NO3S. The van der Waals surface area contributed by atoms with Crippen LogP contribution in [0, 0.1) is 5.92 Å². The maximum absolute atomic E-state index is 11.6. The zero-order chi connectivity index (χ0) is 12.9. The largest absolute Gasteiger partial charge is 0.490 e. The van der Waals surface area contributed by atoms with Crippen molar-refractivity contribution >= 4 is 15.5 Å². The molecule has 0 spiro atoms. The molecule has 2 N–H and O–H groups in total. The van der Waals surface area contributed by atoms with Gasteiger partial charge in [-0.15, -0.1) is 0 Å². The summed E-state index contributed by atoms with van der Waals surface area (Å²) in [6.07, 6.45) is 0. The summed E-state index contributed by atoms with van der Waals surface area (Å²) in [4.78, 5) is 0. The van der Waals surface area contributed by atoms with Gasteiger partial charge in [-0.05, 0) is 18.1 Å². The van der Waals surface area contributed by atoms with Crippen LogP contribution >= 0.6 is 0 Å². The summed E-state index contributed by atoms with van der Waals surface area (Å²) in [6.45, 7) is 3.91. The molecule has 1 aromatic rings. The number of sulfone groups is 1. The van der Waals surface area contributed by atoms with Crippen molar-refractivity contribution in [2.45, 2.75) is 13.8 Å². The Kier molecular flexibility index (Phi) is 4.81. The van der Waals surface area contributed by atoms with Crippen molar-refractivity contribution in [1.29, 1.82) is 0 Å². The molecule has 0 aliphatic carbocycles. The number of benzene rings is 1. The van der Waals surface area contributed by atoms with Crippen LogP contribution in [0.1, 0.15) is 13.8 Å². The first kappa shape index (κ1) is 13.8. The maximum Gasteiger partial charge on any atom is 0.153 e. The predicted octanol–water partition coefficient (Wildman–Crippen LogP) is 1.72. The van der Waals surface area contributed by atoms with Gasteiger partial charge in [-0.1, -0.05) is 26.0 Å². The second-order valence-electron chi connectivity index (χ2n) is 4.39. The number of anilines is 1. The van der Waals surface area contributed by atoms with Crippen molar-refractivity contribution in [2.24, 2.45) is 5.92 Å². The van der Waals surface area contributed by atoms with Crippen LogP contribution in [0.3, 0.4) is 0 Å². The van der Waals surface area contributed by atoms with Gasteiger partial charge < -0.3 is 10.5 Å². The molecule has 0 radical (unpaired) electrons. The van der Waals surface area contributed by atoms with Gasteiger partial charge in [-0.3, -0.25) is 0 Å². The number of ether oxygens (including phenoxy) is 1. The molecule has 0 saturated heterocycles. The molecule has 1 aromatic carbocycles. The third-order valence-corrected chi connectivity index (χ3v) is 4.12. The predicted molar refractivity (Wildman–Crippen MR) is 69.8 cm³/mol. The van der Waals surface area contributed by atoms with Crippen molar-refractivity contribution in [1.82, 2.24) is 0 Å². The first-order valence-corrected chi connectivity index (χ1v) is 7.40. The molecule has 17 heavy (non-hydrogen) atoms. The average Bonchev–Trinajstić information content (AvgIpc) is 2.18. The molecule has 4 nitrogen and oxygen atoms in total. The summed E-state index contributed by atoms with van der Waals surface area (Å²) in [6, 6.07) is 7.05. The Balaban J connectivity index is 2.46. The molecule has 0 saturated carbocycles. The summed E-state index contributed by atoms with van der Waals surface area (Å²) in [5.41, 5.74) is 6.20. The second-order valence-corrected chi connectivity index (χ2v) is 6.62. The number of rotatable bonds is 6. The van der Waals surface area contributed by atoms with E-state index in [4.69, 9.17) is 10.5 Å². The lowest BCUT2D eigenvalue weighted by molar-refractivity contribution is 0.342. The van der Waals surface area contributed by atoms with Crippen molar-refractivity contribution in [3.63, 3.8) is 0 Å². The number of para-hydroxylation sites is 2. The Bertz CT molecular complexity index is 455. The van der Waals surface area contributed by atoms with E-state index >= 15 is 0 Å². The van der Waals surface area contributed by atoms with Gasteiger partial charge in [0.05, 0.1) is 17.2 Å². The highest BCUT2D eigenvalue weighted by atomic mass is 32.2. The van der Waals surface area contributed by atoms with Gasteiger partial charge in [0.1, 0.15) is 12.4 Å². The van der Waals surface area contributed by atoms with Gasteiger partial charge in [0, 0.05) is 0 Å². The molecule has 5 heteroatoms. The molecule has 1 rings (SSSR count). The van der Waals surface area contributed by atoms with E-state index in [1.165, 1.54) is 0 Å². The highest BCUT2D eigenvalue weighted by Crippen LogP contribution is 2.19. The molecule has 0 amide bonds. The van der Waals surface area contributed by atoms with E-state index in [-0.39, 0.29) is 24.0 Å². The first-order chi connectivity index (χ1) is 7.91. The van der Waals surface area contributed by atoms with Crippen LogP contribution in [0.5, 0.6) is 5.75 Å². The Morgan fingerprint density at radius 1 is 1.29 bits per heavy atom. The van der Waals surface area contributed by atoms with Gasteiger partial charge in [0.25, 0.3) is 0 Å². The van der Waals surface area contributed by atoms with Crippen molar-refractivity contribution in [3.8, 4) is 5.75 Å². The molecule has 96 valence electrons. The Hall–Kier alpha value is -1.23. The van der Waals surface area contributed by atoms with Crippen molar-refractivity contribution in [3.05, 3.63) is 24.3 Å². The molecule has 0 aliphatic rings. The topological polar surface area (TPSA) is 69.4 Å². The molecule has 0 heterocycles. The normalized spacial score (nSPS) is 11.7. The minimum absolute atomic E-state index is 0.0273. The molecule has 0 fully saturated rings. The van der Waals surface area contributed by atoms with E-state index in [0.29, 0.717) is 11.4 Å². The minimum atomic E-state index is -3.03. The number of nitrogens with two attached hydrogens (primary N) is 1. The zero-order valence-corrected chi connectivity index (χ0v) is 11.0. The fourth-order valence-electron chi connectivity index (χ4n) is 1.48. The lowest BCUT2D eigenvalue weighted by Crippen LogP contribution is -2.20. The zero-order valence-electron chi connectivity index (χ0n) is 10.2. The molecular weight excluding hydrogens is 238 g/mol.